The van der Waals surface area contributed by atoms with E-state index in [4.69, 9.17) is 0 Å². The Labute approximate surface area is 397 Å². The van der Waals surface area contributed by atoms with E-state index in [-0.39, 0.29) is 12.5 Å². The van der Waals surface area contributed by atoms with Crippen molar-refractivity contribution in [1.29, 1.82) is 0 Å². The predicted molar refractivity (Wildman–Crippen MR) is 285 cm³/mol. The van der Waals surface area contributed by atoms with Crippen molar-refractivity contribution in [3.8, 4) is 0 Å². The van der Waals surface area contributed by atoms with Gasteiger partial charge in [-0.3, -0.25) is 4.79 Å². The normalized spacial score (nSPS) is 13.8. The molecule has 2 unspecified atom stereocenters. The minimum absolute atomic E-state index is 0.163. The summed E-state index contributed by atoms with van der Waals surface area (Å²) in [5.41, 5.74) is 0. The van der Waals surface area contributed by atoms with Gasteiger partial charge in [-0.1, -0.05) is 264 Å². The molecule has 366 valence electrons. The highest BCUT2D eigenvalue weighted by Crippen LogP contribution is 2.16. The molecule has 0 aliphatic rings. The highest BCUT2D eigenvalue weighted by molar-refractivity contribution is 5.76. The number of aliphatic hydroxyl groups is 2. The van der Waals surface area contributed by atoms with Crippen molar-refractivity contribution in [2.75, 3.05) is 6.61 Å². The first-order valence-electron chi connectivity index (χ1n) is 27.1. The SMILES string of the molecule is CC/C=C\C/C=C\C/C=C\C/C=C\C/C=C\C/C=C\CCC(=O)NC(CO)C(O)/C=C/CC/C=C/CC/C=C/CCCCCCCCCCCCCCCCCCCCCCCCC. The minimum atomic E-state index is -0.910. The van der Waals surface area contributed by atoms with Crippen molar-refractivity contribution >= 4 is 5.91 Å². The van der Waals surface area contributed by atoms with Crippen LogP contribution in [0.2, 0.25) is 0 Å². The molecule has 0 rings (SSSR count). The van der Waals surface area contributed by atoms with E-state index in [2.05, 4.69) is 110 Å². The summed E-state index contributed by atoms with van der Waals surface area (Å²) in [6.07, 6.45) is 82.7. The zero-order valence-corrected chi connectivity index (χ0v) is 42.0. The van der Waals surface area contributed by atoms with Gasteiger partial charge in [-0.05, 0) is 83.5 Å². The molecule has 0 saturated carbocycles. The molecule has 0 radical (unpaired) electrons. The van der Waals surface area contributed by atoms with Crippen LogP contribution >= 0.6 is 0 Å². The van der Waals surface area contributed by atoms with Crippen LogP contribution < -0.4 is 5.32 Å². The fraction of sp³-hybridized carbons (Fsp3) is 0.683. The Morgan fingerprint density at radius 1 is 0.391 bits per heavy atom. The van der Waals surface area contributed by atoms with Gasteiger partial charge in [0, 0.05) is 6.42 Å². The zero-order valence-electron chi connectivity index (χ0n) is 42.0. The Bertz CT molecular complexity index is 1230. The van der Waals surface area contributed by atoms with Crippen molar-refractivity contribution in [2.45, 2.75) is 257 Å². The molecule has 0 spiro atoms. The number of unbranched alkanes of at least 4 members (excludes halogenated alkanes) is 25. The second-order valence-corrected chi connectivity index (χ2v) is 17.9. The summed E-state index contributed by atoms with van der Waals surface area (Å²) >= 11 is 0. The zero-order chi connectivity index (χ0) is 46.3. The highest BCUT2D eigenvalue weighted by atomic mass is 16.3. The highest BCUT2D eigenvalue weighted by Gasteiger charge is 2.17. The molecule has 4 heteroatoms. The number of nitrogens with one attached hydrogen (secondary N) is 1. The monoisotopic (exact) mass is 886 g/mol. The third-order valence-electron chi connectivity index (χ3n) is 11.7. The van der Waals surface area contributed by atoms with Gasteiger partial charge in [-0.25, -0.2) is 0 Å². The Balaban J connectivity index is 3.65. The molecular weight excluding hydrogens is 783 g/mol. The van der Waals surface area contributed by atoms with Crippen LogP contribution in [0.25, 0.3) is 0 Å². The van der Waals surface area contributed by atoms with Gasteiger partial charge >= 0.3 is 0 Å². The molecule has 2 atom stereocenters. The molecule has 0 aliphatic carbocycles. The fourth-order valence-corrected chi connectivity index (χ4v) is 7.65. The van der Waals surface area contributed by atoms with Crippen LogP contribution in [0.4, 0.5) is 0 Å². The lowest BCUT2D eigenvalue weighted by Crippen LogP contribution is -2.45. The number of amides is 1. The summed E-state index contributed by atoms with van der Waals surface area (Å²) in [4.78, 5) is 12.4. The Hall–Kier alpha value is -2.95. The number of carbonyl (C=O) groups excluding carboxylic acids is 1. The smallest absolute Gasteiger partial charge is 0.220 e. The lowest BCUT2D eigenvalue weighted by atomic mass is 10.0. The van der Waals surface area contributed by atoms with Crippen LogP contribution in [0.3, 0.4) is 0 Å². The Morgan fingerprint density at radius 2 is 0.703 bits per heavy atom. The van der Waals surface area contributed by atoms with Crippen molar-refractivity contribution in [1.82, 2.24) is 5.32 Å². The molecule has 0 aromatic rings. The number of carbonyl (C=O) groups is 1. The number of rotatable bonds is 48. The molecule has 0 aromatic carbocycles. The summed E-state index contributed by atoms with van der Waals surface area (Å²) in [6, 6.07) is -0.695. The average Bonchev–Trinajstić information content (AvgIpc) is 3.30. The molecule has 0 aliphatic heterocycles. The molecule has 1 amide bonds. The van der Waals surface area contributed by atoms with Gasteiger partial charge in [0.25, 0.3) is 0 Å². The molecule has 4 nitrogen and oxygen atoms in total. The van der Waals surface area contributed by atoms with Crippen LogP contribution in [-0.2, 0) is 4.79 Å². The van der Waals surface area contributed by atoms with Crippen LogP contribution in [0.1, 0.15) is 245 Å². The molecule has 64 heavy (non-hydrogen) atoms. The van der Waals surface area contributed by atoms with E-state index in [1.807, 2.05) is 12.2 Å². The Morgan fingerprint density at radius 3 is 1.08 bits per heavy atom. The summed E-state index contributed by atoms with van der Waals surface area (Å²) in [6.45, 7) is 4.15. The van der Waals surface area contributed by atoms with E-state index in [0.717, 1.165) is 64.2 Å². The first kappa shape index (κ1) is 61.1. The molecule has 0 fully saturated rings. The number of allylic oxidation sites excluding steroid dienone is 17. The molecule has 0 saturated heterocycles. The first-order chi connectivity index (χ1) is 31.7. The maximum atomic E-state index is 12.4. The van der Waals surface area contributed by atoms with Crippen LogP contribution in [0.15, 0.2) is 109 Å². The van der Waals surface area contributed by atoms with Gasteiger partial charge in [-0.15, -0.1) is 0 Å². The fourth-order valence-electron chi connectivity index (χ4n) is 7.65. The van der Waals surface area contributed by atoms with Gasteiger partial charge in [0.05, 0.1) is 18.8 Å². The second-order valence-electron chi connectivity index (χ2n) is 17.9. The van der Waals surface area contributed by atoms with Crippen molar-refractivity contribution in [3.63, 3.8) is 0 Å². The van der Waals surface area contributed by atoms with Gasteiger partial charge < -0.3 is 15.5 Å². The van der Waals surface area contributed by atoms with E-state index >= 15 is 0 Å². The van der Waals surface area contributed by atoms with Crippen LogP contribution in [0.5, 0.6) is 0 Å². The molecule has 0 heterocycles. The summed E-state index contributed by atoms with van der Waals surface area (Å²) in [5, 5.41) is 23.0. The van der Waals surface area contributed by atoms with E-state index < -0.39 is 12.1 Å². The topological polar surface area (TPSA) is 69.6 Å². The third kappa shape index (κ3) is 50.1. The molecule has 0 aromatic heterocycles. The largest absolute Gasteiger partial charge is 0.394 e. The molecular formula is C60H103NO3. The van der Waals surface area contributed by atoms with Crippen molar-refractivity contribution < 1.29 is 15.0 Å². The van der Waals surface area contributed by atoms with Crippen LogP contribution in [0, 0.1) is 0 Å². The Kier molecular flexibility index (Phi) is 51.9. The van der Waals surface area contributed by atoms with E-state index in [1.54, 1.807) is 6.08 Å². The summed E-state index contributed by atoms with van der Waals surface area (Å²) in [7, 11) is 0. The lowest BCUT2D eigenvalue weighted by Gasteiger charge is -2.19. The predicted octanol–water partition coefficient (Wildman–Crippen LogP) is 17.9. The first-order valence-corrected chi connectivity index (χ1v) is 27.1. The van der Waals surface area contributed by atoms with Crippen LogP contribution in [-0.4, -0.2) is 34.9 Å². The summed E-state index contributed by atoms with van der Waals surface area (Å²) in [5.74, 6) is -0.163. The van der Waals surface area contributed by atoms with Crippen molar-refractivity contribution in [2.24, 2.45) is 0 Å². The second kappa shape index (κ2) is 54.4. The number of aliphatic hydroxyl groups excluding tert-OH is 2. The molecule has 3 N–H and O–H groups in total. The standard InChI is InChI=1S/C60H103NO3/c1-3-5-7-9-11-13-15-17-19-21-23-24-25-26-27-28-29-30-31-32-33-34-35-36-38-39-41-43-45-47-49-51-53-55-59(63)58(57-62)61-60(64)56-54-52-50-48-46-44-42-40-37-22-20-18-16-14-12-10-8-6-4-2/h6,8,12,14,18,20,37-40,44-47,50,52-53,55,58-59,62-63H,3-5,7,9-11,13,15-17,19,21-36,41-43,48-49,51,54,56-57H2,1-2H3,(H,61,64)/b8-6-,14-12-,20-18-,39-38+,40-37-,46-44-,47-45+,52-50-,55-53+. The van der Waals surface area contributed by atoms with Gasteiger partial charge in [-0.2, -0.15) is 0 Å². The van der Waals surface area contributed by atoms with Gasteiger partial charge in [0.2, 0.25) is 5.91 Å². The number of hydrogen-bond donors (Lipinski definition) is 3. The van der Waals surface area contributed by atoms with Gasteiger partial charge in [0.1, 0.15) is 0 Å². The van der Waals surface area contributed by atoms with E-state index in [1.165, 1.54) is 154 Å². The third-order valence-corrected chi connectivity index (χ3v) is 11.7. The minimum Gasteiger partial charge on any atom is -0.394 e. The van der Waals surface area contributed by atoms with Gasteiger partial charge in [0.15, 0.2) is 0 Å². The average molecular weight is 886 g/mol. The lowest BCUT2D eigenvalue weighted by molar-refractivity contribution is -0.122. The van der Waals surface area contributed by atoms with E-state index in [0.29, 0.717) is 12.8 Å². The van der Waals surface area contributed by atoms with Crippen molar-refractivity contribution in [3.05, 3.63) is 109 Å². The van der Waals surface area contributed by atoms with E-state index in [9.17, 15) is 15.0 Å². The molecule has 0 bridgehead atoms. The summed E-state index contributed by atoms with van der Waals surface area (Å²) < 4.78 is 0. The maximum absolute atomic E-state index is 12.4. The maximum Gasteiger partial charge on any atom is 0.220 e. The quantitative estimate of drug-likeness (QED) is 0.0421. The number of hydrogen-bond acceptors (Lipinski definition) is 3.